The largest absolute Gasteiger partial charge is 0.494 e. The van der Waals surface area contributed by atoms with Gasteiger partial charge in [-0.25, -0.2) is 4.79 Å². The molecular weight excluding hydrogens is 336 g/mol. The lowest BCUT2D eigenvalue weighted by Gasteiger charge is -2.14. The van der Waals surface area contributed by atoms with Crippen molar-refractivity contribution >= 4 is 18.2 Å². The standard InChI is InChI=1S/C15H14N2O6S/c1-17-13(19)9(12(18)16-15(17)24)10-6-4-5-7(21-2)11(22-3)8(6)14(20)23-10/h4-5,10,19H,1-3H3,(H,16,18,24)/t10-/m0/s1. The van der Waals surface area contributed by atoms with Gasteiger partial charge < -0.3 is 19.3 Å². The Morgan fingerprint density at radius 2 is 2.00 bits per heavy atom. The predicted molar refractivity (Wildman–Crippen MR) is 85.3 cm³/mol. The first-order valence-electron chi connectivity index (χ1n) is 6.88. The SMILES string of the molecule is COc1ccc2c(c1OC)C(=O)O[C@@H]2c1c(O)n(C)c(=S)[nH]c1=O. The maximum atomic E-state index is 12.3. The number of carbonyl (C=O) groups excluding carboxylic acids is 1. The number of rotatable bonds is 3. The van der Waals surface area contributed by atoms with E-state index in [4.69, 9.17) is 26.4 Å². The van der Waals surface area contributed by atoms with Crippen LogP contribution in [0.1, 0.15) is 27.6 Å². The molecule has 0 saturated heterocycles. The van der Waals surface area contributed by atoms with Gasteiger partial charge in [0.2, 0.25) is 5.88 Å². The molecule has 0 saturated carbocycles. The normalized spacial score (nSPS) is 15.8. The van der Waals surface area contributed by atoms with Crippen LogP contribution in [0.3, 0.4) is 0 Å². The number of H-pyrrole nitrogens is 1. The number of aromatic amines is 1. The van der Waals surface area contributed by atoms with Gasteiger partial charge in [0.1, 0.15) is 11.1 Å². The molecule has 1 aromatic heterocycles. The number of hydrogen-bond acceptors (Lipinski definition) is 7. The van der Waals surface area contributed by atoms with Gasteiger partial charge in [-0.15, -0.1) is 0 Å². The number of nitrogens with zero attached hydrogens (tertiary/aromatic N) is 1. The molecule has 1 atom stereocenters. The van der Waals surface area contributed by atoms with Crippen molar-refractivity contribution in [2.24, 2.45) is 7.05 Å². The highest BCUT2D eigenvalue weighted by Gasteiger charge is 2.39. The summed E-state index contributed by atoms with van der Waals surface area (Å²) in [5, 5.41) is 10.3. The lowest BCUT2D eigenvalue weighted by Crippen LogP contribution is -2.21. The van der Waals surface area contributed by atoms with E-state index in [0.717, 1.165) is 0 Å². The van der Waals surface area contributed by atoms with Crippen LogP contribution in [0, 0.1) is 4.77 Å². The maximum absolute atomic E-state index is 12.3. The molecule has 1 aliphatic rings. The number of benzene rings is 1. The third-order valence-electron chi connectivity index (χ3n) is 3.88. The van der Waals surface area contributed by atoms with E-state index in [9.17, 15) is 14.7 Å². The summed E-state index contributed by atoms with van der Waals surface area (Å²) in [4.78, 5) is 27.0. The van der Waals surface area contributed by atoms with Gasteiger partial charge in [-0.2, -0.15) is 0 Å². The highest BCUT2D eigenvalue weighted by molar-refractivity contribution is 7.71. The summed E-state index contributed by atoms with van der Waals surface area (Å²) < 4.78 is 17.0. The first-order chi connectivity index (χ1) is 11.4. The number of methoxy groups -OCH3 is 2. The minimum Gasteiger partial charge on any atom is -0.494 e. The molecule has 2 heterocycles. The maximum Gasteiger partial charge on any atom is 0.343 e. The van der Waals surface area contributed by atoms with Crippen molar-refractivity contribution < 1.29 is 24.1 Å². The van der Waals surface area contributed by atoms with E-state index in [1.807, 2.05) is 0 Å². The molecular formula is C15H14N2O6S. The van der Waals surface area contributed by atoms with Crippen LogP contribution in [0.5, 0.6) is 17.4 Å². The van der Waals surface area contributed by atoms with E-state index in [2.05, 4.69) is 4.98 Å². The first-order valence-corrected chi connectivity index (χ1v) is 7.29. The van der Waals surface area contributed by atoms with Gasteiger partial charge in [-0.05, 0) is 18.3 Å². The van der Waals surface area contributed by atoms with Gasteiger partial charge in [-0.1, -0.05) is 6.07 Å². The lowest BCUT2D eigenvalue weighted by molar-refractivity contribution is 0.0446. The summed E-state index contributed by atoms with van der Waals surface area (Å²) >= 11 is 4.94. The minimum absolute atomic E-state index is 0.0538. The van der Waals surface area contributed by atoms with Gasteiger partial charge in [0.25, 0.3) is 5.56 Å². The molecule has 9 heteroatoms. The number of esters is 1. The van der Waals surface area contributed by atoms with Gasteiger partial charge >= 0.3 is 5.97 Å². The quantitative estimate of drug-likeness (QED) is 0.637. The Hall–Kier alpha value is -2.81. The van der Waals surface area contributed by atoms with Gasteiger partial charge in [-0.3, -0.25) is 14.3 Å². The molecule has 126 valence electrons. The third kappa shape index (κ3) is 2.16. The molecule has 2 N–H and O–H groups in total. The number of aromatic nitrogens is 2. The number of cyclic esters (lactones) is 1. The number of aromatic hydroxyl groups is 1. The highest BCUT2D eigenvalue weighted by atomic mass is 32.1. The first kappa shape index (κ1) is 16.1. The Morgan fingerprint density at radius 1 is 1.29 bits per heavy atom. The lowest BCUT2D eigenvalue weighted by atomic mass is 9.99. The summed E-state index contributed by atoms with van der Waals surface area (Å²) in [6, 6.07) is 3.19. The molecule has 1 aromatic carbocycles. The Labute approximate surface area is 141 Å². The highest BCUT2D eigenvalue weighted by Crippen LogP contribution is 2.44. The molecule has 0 bridgehead atoms. The third-order valence-corrected chi connectivity index (χ3v) is 4.26. The van der Waals surface area contributed by atoms with Crippen LogP contribution in [-0.2, 0) is 11.8 Å². The zero-order valence-electron chi connectivity index (χ0n) is 13.1. The van der Waals surface area contributed by atoms with Crippen LogP contribution in [-0.4, -0.2) is 34.8 Å². The minimum atomic E-state index is -1.07. The van der Waals surface area contributed by atoms with Crippen molar-refractivity contribution in [1.29, 1.82) is 0 Å². The number of nitrogens with one attached hydrogen (secondary N) is 1. The van der Waals surface area contributed by atoms with Crippen LogP contribution in [0.4, 0.5) is 0 Å². The zero-order valence-corrected chi connectivity index (χ0v) is 13.9. The molecule has 0 fully saturated rings. The van der Waals surface area contributed by atoms with Gasteiger partial charge in [0.15, 0.2) is 22.4 Å². The summed E-state index contributed by atoms with van der Waals surface area (Å²) in [6.07, 6.45) is -1.07. The molecule has 1 aliphatic heterocycles. The molecule has 0 aliphatic carbocycles. The second kappa shape index (κ2) is 5.68. The zero-order chi connectivity index (χ0) is 17.6. The van der Waals surface area contributed by atoms with Crippen molar-refractivity contribution in [2.45, 2.75) is 6.10 Å². The van der Waals surface area contributed by atoms with Crippen LogP contribution < -0.4 is 15.0 Å². The molecule has 2 aromatic rings. The van der Waals surface area contributed by atoms with Gasteiger partial charge in [0, 0.05) is 12.6 Å². The number of carbonyl (C=O) groups is 1. The average Bonchev–Trinajstić information content (AvgIpc) is 2.88. The van der Waals surface area contributed by atoms with Crippen LogP contribution in [0.25, 0.3) is 0 Å². The van der Waals surface area contributed by atoms with E-state index in [0.29, 0.717) is 11.3 Å². The second-order valence-corrected chi connectivity index (χ2v) is 5.49. The van der Waals surface area contributed by atoms with E-state index in [1.165, 1.54) is 25.8 Å². The van der Waals surface area contributed by atoms with E-state index in [1.54, 1.807) is 12.1 Å². The van der Waals surface area contributed by atoms with Crippen LogP contribution in [0.15, 0.2) is 16.9 Å². The molecule has 0 spiro atoms. The van der Waals surface area contributed by atoms with E-state index >= 15 is 0 Å². The fourth-order valence-corrected chi connectivity index (χ4v) is 2.86. The Balaban J connectivity index is 2.28. The molecule has 0 radical (unpaired) electrons. The van der Waals surface area contributed by atoms with Crippen LogP contribution >= 0.6 is 12.2 Å². The fourth-order valence-electron chi connectivity index (χ4n) is 2.68. The van der Waals surface area contributed by atoms with Crippen molar-refractivity contribution in [2.75, 3.05) is 14.2 Å². The monoisotopic (exact) mass is 350 g/mol. The van der Waals surface area contributed by atoms with Crippen molar-refractivity contribution in [1.82, 2.24) is 9.55 Å². The van der Waals surface area contributed by atoms with Gasteiger partial charge in [0.05, 0.1) is 14.2 Å². The second-order valence-electron chi connectivity index (χ2n) is 5.11. The number of ether oxygens (including phenoxy) is 3. The molecule has 24 heavy (non-hydrogen) atoms. The number of hydrogen-bond donors (Lipinski definition) is 2. The molecule has 3 rings (SSSR count). The van der Waals surface area contributed by atoms with Crippen molar-refractivity contribution in [3.8, 4) is 17.4 Å². The smallest absolute Gasteiger partial charge is 0.343 e. The summed E-state index contributed by atoms with van der Waals surface area (Å²) in [5.41, 5.74) is -0.178. The summed E-state index contributed by atoms with van der Waals surface area (Å²) in [6.45, 7) is 0. The van der Waals surface area contributed by atoms with Crippen molar-refractivity contribution in [3.05, 3.63) is 43.9 Å². The van der Waals surface area contributed by atoms with Crippen LogP contribution in [0.2, 0.25) is 0 Å². The summed E-state index contributed by atoms with van der Waals surface area (Å²) in [5.74, 6) is -0.472. The van der Waals surface area contributed by atoms with E-state index in [-0.39, 0.29) is 27.5 Å². The predicted octanol–water partition coefficient (Wildman–Crippen LogP) is 1.43. The van der Waals surface area contributed by atoms with E-state index < -0.39 is 17.6 Å². The fraction of sp³-hybridized carbons (Fsp3) is 0.267. The molecule has 0 amide bonds. The molecule has 0 unspecified atom stereocenters. The molecule has 8 nitrogen and oxygen atoms in total. The average molecular weight is 350 g/mol. The topological polar surface area (TPSA) is 103 Å². The number of fused-ring (bicyclic) bond motifs is 1. The summed E-state index contributed by atoms with van der Waals surface area (Å²) in [7, 11) is 4.33. The Morgan fingerprint density at radius 3 is 2.62 bits per heavy atom. The van der Waals surface area contributed by atoms with Crippen molar-refractivity contribution in [3.63, 3.8) is 0 Å². The Bertz CT molecular complexity index is 962. The Kier molecular flexibility index (Phi) is 3.80.